The number of hydrogen-bond acceptors (Lipinski definition) is 1. The lowest BCUT2D eigenvalue weighted by molar-refractivity contribution is 0.0784. The summed E-state index contributed by atoms with van der Waals surface area (Å²) in [4.78, 5) is 14.4. The minimum atomic E-state index is 0.0723. The molecule has 0 N–H and O–H groups in total. The maximum Gasteiger partial charge on any atom is 0.254 e. The van der Waals surface area contributed by atoms with E-state index in [4.69, 9.17) is 0 Å². The Labute approximate surface area is 140 Å². The first-order valence-corrected chi connectivity index (χ1v) is 8.04. The molecule has 0 aliphatic rings. The smallest absolute Gasteiger partial charge is 0.254 e. The maximum atomic E-state index is 12.6. The van der Waals surface area contributed by atoms with E-state index in [-0.39, 0.29) is 5.91 Å². The van der Waals surface area contributed by atoms with Gasteiger partial charge in [-0.1, -0.05) is 35.9 Å². The molecule has 0 aromatic heterocycles. The van der Waals surface area contributed by atoms with Gasteiger partial charge >= 0.3 is 0 Å². The number of halogens is 1. The highest BCUT2D eigenvalue weighted by Crippen LogP contribution is 2.19. The molecule has 1 amide bonds. The molecule has 0 aliphatic carbocycles. The summed E-state index contributed by atoms with van der Waals surface area (Å²) in [7, 11) is 1.86. The van der Waals surface area contributed by atoms with Crippen molar-refractivity contribution in [2.45, 2.75) is 27.3 Å². The van der Waals surface area contributed by atoms with Gasteiger partial charge in [0.15, 0.2) is 0 Å². The quantitative estimate of drug-likeness (QED) is 0.704. The van der Waals surface area contributed by atoms with Crippen LogP contribution >= 0.6 is 22.6 Å². The molecule has 0 atom stereocenters. The van der Waals surface area contributed by atoms with Gasteiger partial charge in [-0.2, -0.15) is 0 Å². The molecular formula is C18H20INO. The second-order valence-electron chi connectivity index (χ2n) is 5.53. The Morgan fingerprint density at radius 2 is 1.81 bits per heavy atom. The van der Waals surface area contributed by atoms with Crippen LogP contribution in [0.4, 0.5) is 0 Å². The molecule has 0 bridgehead atoms. The fraction of sp³-hybridized carbons (Fsp3) is 0.278. The molecule has 2 nitrogen and oxygen atoms in total. The number of amides is 1. The largest absolute Gasteiger partial charge is 0.337 e. The van der Waals surface area contributed by atoms with Crippen LogP contribution in [-0.2, 0) is 6.54 Å². The van der Waals surface area contributed by atoms with E-state index in [2.05, 4.69) is 54.6 Å². The van der Waals surface area contributed by atoms with Gasteiger partial charge in [-0.25, -0.2) is 0 Å². The van der Waals surface area contributed by atoms with Crippen molar-refractivity contribution in [2.24, 2.45) is 0 Å². The molecule has 110 valence electrons. The molecule has 2 rings (SSSR count). The zero-order valence-electron chi connectivity index (χ0n) is 12.9. The van der Waals surface area contributed by atoms with Gasteiger partial charge in [-0.3, -0.25) is 4.79 Å². The van der Waals surface area contributed by atoms with E-state index >= 15 is 0 Å². The standard InChI is InChI=1S/C18H20INO/c1-12-8-9-15(14(3)10-12)11-20(4)18(21)16-7-5-6-13(2)17(16)19/h5-10H,11H2,1-4H3. The van der Waals surface area contributed by atoms with Crippen molar-refractivity contribution in [2.75, 3.05) is 7.05 Å². The van der Waals surface area contributed by atoms with Gasteiger partial charge in [-0.05, 0) is 66.1 Å². The molecule has 0 radical (unpaired) electrons. The van der Waals surface area contributed by atoms with E-state index in [0.29, 0.717) is 6.54 Å². The highest BCUT2D eigenvalue weighted by Gasteiger charge is 2.16. The first-order valence-electron chi connectivity index (χ1n) is 6.97. The lowest BCUT2D eigenvalue weighted by atomic mass is 10.0. The highest BCUT2D eigenvalue weighted by molar-refractivity contribution is 14.1. The first kappa shape index (κ1) is 16.0. The topological polar surface area (TPSA) is 20.3 Å². The van der Waals surface area contributed by atoms with Crippen molar-refractivity contribution in [1.82, 2.24) is 4.90 Å². The van der Waals surface area contributed by atoms with Crippen LogP contribution in [0.2, 0.25) is 0 Å². The molecule has 21 heavy (non-hydrogen) atoms. The van der Waals surface area contributed by atoms with Crippen molar-refractivity contribution in [3.8, 4) is 0 Å². The van der Waals surface area contributed by atoms with Gasteiger partial charge < -0.3 is 4.90 Å². The maximum absolute atomic E-state index is 12.6. The Balaban J connectivity index is 2.21. The number of carbonyl (C=O) groups is 1. The monoisotopic (exact) mass is 393 g/mol. The third-order valence-corrected chi connectivity index (χ3v) is 5.11. The molecule has 0 saturated heterocycles. The Kier molecular flexibility index (Phi) is 5.04. The normalized spacial score (nSPS) is 10.5. The van der Waals surface area contributed by atoms with Gasteiger partial charge in [-0.15, -0.1) is 0 Å². The fourth-order valence-electron chi connectivity index (χ4n) is 2.37. The molecule has 0 aliphatic heterocycles. The third kappa shape index (κ3) is 3.64. The van der Waals surface area contributed by atoms with Crippen LogP contribution in [0.15, 0.2) is 36.4 Å². The SMILES string of the molecule is Cc1ccc(CN(C)C(=O)c2cccc(C)c2I)c(C)c1. The average Bonchev–Trinajstić information content (AvgIpc) is 2.44. The Bertz CT molecular complexity index is 679. The van der Waals surface area contributed by atoms with E-state index in [1.165, 1.54) is 16.7 Å². The van der Waals surface area contributed by atoms with Crippen molar-refractivity contribution >= 4 is 28.5 Å². The molecular weight excluding hydrogens is 373 g/mol. The van der Waals surface area contributed by atoms with Crippen LogP contribution < -0.4 is 0 Å². The minimum Gasteiger partial charge on any atom is -0.337 e. The summed E-state index contributed by atoms with van der Waals surface area (Å²) in [5.41, 5.74) is 5.59. The fourth-order valence-corrected chi connectivity index (χ4v) is 2.96. The van der Waals surface area contributed by atoms with Gasteiger partial charge in [0, 0.05) is 17.2 Å². The number of carbonyl (C=O) groups excluding carboxylic acids is 1. The third-order valence-electron chi connectivity index (χ3n) is 3.67. The molecule has 0 fully saturated rings. The van der Waals surface area contributed by atoms with Crippen molar-refractivity contribution in [1.29, 1.82) is 0 Å². The molecule has 0 spiro atoms. The summed E-state index contributed by atoms with van der Waals surface area (Å²) in [5.74, 6) is 0.0723. The van der Waals surface area contributed by atoms with E-state index < -0.39 is 0 Å². The summed E-state index contributed by atoms with van der Waals surface area (Å²) >= 11 is 2.25. The molecule has 2 aromatic carbocycles. The number of hydrogen-bond donors (Lipinski definition) is 0. The number of aryl methyl sites for hydroxylation is 3. The summed E-state index contributed by atoms with van der Waals surface area (Å²) in [6.07, 6.45) is 0. The van der Waals surface area contributed by atoms with Crippen molar-refractivity contribution in [3.05, 3.63) is 67.8 Å². The number of rotatable bonds is 3. The first-order chi connectivity index (χ1) is 9.90. The molecule has 0 heterocycles. The average molecular weight is 393 g/mol. The van der Waals surface area contributed by atoms with Gasteiger partial charge in [0.25, 0.3) is 5.91 Å². The lowest BCUT2D eigenvalue weighted by Crippen LogP contribution is -2.27. The highest BCUT2D eigenvalue weighted by atomic mass is 127. The van der Waals surface area contributed by atoms with E-state index in [9.17, 15) is 4.79 Å². The predicted molar refractivity (Wildman–Crippen MR) is 95.6 cm³/mol. The second kappa shape index (κ2) is 6.60. The predicted octanol–water partition coefficient (Wildman–Crippen LogP) is 4.49. The van der Waals surface area contributed by atoms with E-state index in [1.807, 2.05) is 32.2 Å². The van der Waals surface area contributed by atoms with E-state index in [1.54, 1.807) is 4.90 Å². The van der Waals surface area contributed by atoms with Crippen LogP contribution in [0.1, 0.15) is 32.6 Å². The van der Waals surface area contributed by atoms with Crippen LogP contribution in [0, 0.1) is 24.3 Å². The van der Waals surface area contributed by atoms with Crippen LogP contribution in [-0.4, -0.2) is 17.9 Å². The number of nitrogens with zero attached hydrogens (tertiary/aromatic N) is 1. The Morgan fingerprint density at radius 1 is 1.10 bits per heavy atom. The van der Waals surface area contributed by atoms with Crippen LogP contribution in [0.3, 0.4) is 0 Å². The second-order valence-corrected chi connectivity index (χ2v) is 6.61. The van der Waals surface area contributed by atoms with Crippen LogP contribution in [0.5, 0.6) is 0 Å². The molecule has 0 unspecified atom stereocenters. The van der Waals surface area contributed by atoms with E-state index in [0.717, 1.165) is 14.7 Å². The summed E-state index contributed by atoms with van der Waals surface area (Å²) in [5, 5.41) is 0. The molecule has 0 saturated carbocycles. The minimum absolute atomic E-state index is 0.0723. The number of benzene rings is 2. The summed E-state index contributed by atoms with van der Waals surface area (Å²) < 4.78 is 1.03. The van der Waals surface area contributed by atoms with Crippen molar-refractivity contribution in [3.63, 3.8) is 0 Å². The van der Waals surface area contributed by atoms with Crippen molar-refractivity contribution < 1.29 is 4.79 Å². The zero-order chi connectivity index (χ0) is 15.6. The summed E-state index contributed by atoms with van der Waals surface area (Å²) in [6, 6.07) is 12.2. The molecule has 3 heteroatoms. The summed E-state index contributed by atoms with van der Waals surface area (Å²) in [6.45, 7) is 6.84. The molecule has 2 aromatic rings. The lowest BCUT2D eigenvalue weighted by Gasteiger charge is -2.20. The van der Waals surface area contributed by atoms with Gasteiger partial charge in [0.2, 0.25) is 0 Å². The zero-order valence-corrected chi connectivity index (χ0v) is 15.1. The Hall–Kier alpha value is -1.36. The van der Waals surface area contributed by atoms with Gasteiger partial charge in [0.05, 0.1) is 5.56 Å². The Morgan fingerprint density at radius 3 is 2.48 bits per heavy atom. The van der Waals surface area contributed by atoms with Gasteiger partial charge in [0.1, 0.15) is 0 Å². The van der Waals surface area contributed by atoms with Crippen LogP contribution in [0.25, 0.3) is 0 Å².